The van der Waals surface area contributed by atoms with Crippen LogP contribution in [0.25, 0.3) is 6.08 Å². The summed E-state index contributed by atoms with van der Waals surface area (Å²) in [5.41, 5.74) is 6.86. The number of benzene rings is 2. The molecule has 2 aromatic carbocycles. The fourth-order valence-corrected chi connectivity index (χ4v) is 2.02. The molecule has 0 bridgehead atoms. The first-order chi connectivity index (χ1) is 11.5. The van der Waals surface area contributed by atoms with Gasteiger partial charge in [0.2, 0.25) is 11.8 Å². The van der Waals surface area contributed by atoms with Gasteiger partial charge in [0.15, 0.2) is 0 Å². The van der Waals surface area contributed by atoms with Crippen LogP contribution in [-0.2, 0) is 4.79 Å². The summed E-state index contributed by atoms with van der Waals surface area (Å²) in [5, 5.41) is 2.69. The number of hydrogen-bond acceptors (Lipinski definition) is 4. The summed E-state index contributed by atoms with van der Waals surface area (Å²) >= 11 is 0. The minimum atomic E-state index is -0.514. The molecule has 0 radical (unpaired) electrons. The number of primary amides is 1. The highest BCUT2D eigenvalue weighted by Crippen LogP contribution is 2.25. The Hall–Kier alpha value is -3.28. The second kappa shape index (κ2) is 7.82. The molecule has 2 amide bonds. The van der Waals surface area contributed by atoms with Crippen molar-refractivity contribution >= 4 is 23.6 Å². The van der Waals surface area contributed by atoms with Gasteiger partial charge in [0.05, 0.1) is 14.2 Å². The van der Waals surface area contributed by atoms with Crippen molar-refractivity contribution < 1.29 is 19.1 Å². The molecule has 0 unspecified atom stereocenters. The number of rotatable bonds is 6. The largest absolute Gasteiger partial charge is 0.497 e. The first kappa shape index (κ1) is 17.1. The molecule has 0 saturated carbocycles. The minimum Gasteiger partial charge on any atom is -0.497 e. The van der Waals surface area contributed by atoms with Crippen LogP contribution in [0.4, 0.5) is 5.69 Å². The third-order valence-electron chi connectivity index (χ3n) is 3.29. The Labute approximate surface area is 139 Å². The van der Waals surface area contributed by atoms with Crippen molar-refractivity contribution in [2.45, 2.75) is 0 Å². The van der Waals surface area contributed by atoms with Crippen molar-refractivity contribution in [3.63, 3.8) is 0 Å². The van der Waals surface area contributed by atoms with Crippen LogP contribution in [-0.4, -0.2) is 26.0 Å². The summed E-state index contributed by atoms with van der Waals surface area (Å²) in [6, 6.07) is 11.6. The van der Waals surface area contributed by atoms with Gasteiger partial charge in [-0.25, -0.2) is 0 Å². The molecule has 0 aliphatic heterocycles. The molecule has 24 heavy (non-hydrogen) atoms. The number of ether oxygens (including phenoxy) is 2. The SMILES string of the molecule is COc1ccc(C=CC(=O)Nc2ccc(C(N)=O)cc2)c(OC)c1. The Morgan fingerprint density at radius 3 is 2.33 bits per heavy atom. The van der Waals surface area contributed by atoms with E-state index < -0.39 is 5.91 Å². The van der Waals surface area contributed by atoms with Gasteiger partial charge in [-0.2, -0.15) is 0 Å². The monoisotopic (exact) mass is 326 g/mol. The molecule has 0 aromatic heterocycles. The summed E-state index contributed by atoms with van der Waals surface area (Å²) in [4.78, 5) is 23.0. The molecule has 124 valence electrons. The van der Waals surface area contributed by atoms with Crippen LogP contribution in [0.2, 0.25) is 0 Å². The average Bonchev–Trinajstić information content (AvgIpc) is 2.60. The van der Waals surface area contributed by atoms with E-state index in [2.05, 4.69) is 5.32 Å². The van der Waals surface area contributed by atoms with E-state index in [4.69, 9.17) is 15.2 Å². The van der Waals surface area contributed by atoms with Gasteiger partial charge in [0.1, 0.15) is 11.5 Å². The molecule has 0 heterocycles. The zero-order valence-corrected chi connectivity index (χ0v) is 13.4. The van der Waals surface area contributed by atoms with Crippen molar-refractivity contribution in [2.24, 2.45) is 5.73 Å². The van der Waals surface area contributed by atoms with Crippen molar-refractivity contribution in [1.82, 2.24) is 0 Å². The molecule has 6 nitrogen and oxygen atoms in total. The van der Waals surface area contributed by atoms with Crippen molar-refractivity contribution in [3.8, 4) is 11.5 Å². The summed E-state index contributed by atoms with van der Waals surface area (Å²) < 4.78 is 10.4. The van der Waals surface area contributed by atoms with Crippen LogP contribution in [0, 0.1) is 0 Å². The molecule has 0 spiro atoms. The topological polar surface area (TPSA) is 90.6 Å². The van der Waals surface area contributed by atoms with Crippen molar-refractivity contribution in [1.29, 1.82) is 0 Å². The molecule has 0 saturated heterocycles. The van der Waals surface area contributed by atoms with Crippen LogP contribution >= 0.6 is 0 Å². The predicted molar refractivity (Wildman–Crippen MR) is 92.2 cm³/mol. The molecule has 2 aromatic rings. The zero-order chi connectivity index (χ0) is 17.5. The highest BCUT2D eigenvalue weighted by Gasteiger charge is 2.04. The van der Waals surface area contributed by atoms with E-state index in [0.29, 0.717) is 22.7 Å². The first-order valence-electron chi connectivity index (χ1n) is 7.14. The number of carbonyl (C=O) groups is 2. The number of hydrogen-bond donors (Lipinski definition) is 2. The lowest BCUT2D eigenvalue weighted by Crippen LogP contribution is -2.11. The highest BCUT2D eigenvalue weighted by atomic mass is 16.5. The fraction of sp³-hybridized carbons (Fsp3) is 0.111. The number of nitrogens with one attached hydrogen (secondary N) is 1. The summed E-state index contributed by atoms with van der Waals surface area (Å²) in [6.07, 6.45) is 3.04. The van der Waals surface area contributed by atoms with Crippen molar-refractivity contribution in [2.75, 3.05) is 19.5 Å². The molecular weight excluding hydrogens is 308 g/mol. The highest BCUT2D eigenvalue weighted by molar-refractivity contribution is 6.02. The van der Waals surface area contributed by atoms with Crippen LogP contribution in [0.1, 0.15) is 15.9 Å². The fourth-order valence-electron chi connectivity index (χ4n) is 2.02. The molecule has 6 heteroatoms. The van der Waals surface area contributed by atoms with E-state index in [-0.39, 0.29) is 5.91 Å². The Balaban J connectivity index is 2.06. The Morgan fingerprint density at radius 1 is 1.04 bits per heavy atom. The van der Waals surface area contributed by atoms with E-state index in [9.17, 15) is 9.59 Å². The van der Waals surface area contributed by atoms with Crippen LogP contribution in [0.3, 0.4) is 0 Å². The number of carbonyl (C=O) groups excluding carboxylic acids is 2. The quantitative estimate of drug-likeness (QED) is 0.798. The van der Waals surface area contributed by atoms with E-state index in [1.165, 1.54) is 6.08 Å². The van der Waals surface area contributed by atoms with Gasteiger partial charge in [-0.15, -0.1) is 0 Å². The third-order valence-corrected chi connectivity index (χ3v) is 3.29. The number of anilines is 1. The van der Waals surface area contributed by atoms with Crippen LogP contribution in [0.5, 0.6) is 11.5 Å². The summed E-state index contributed by atoms with van der Waals surface area (Å²) in [5.74, 6) is 0.450. The van der Waals surface area contributed by atoms with Gasteiger partial charge < -0.3 is 20.5 Å². The molecule has 2 rings (SSSR count). The lowest BCUT2D eigenvalue weighted by molar-refractivity contribution is -0.111. The normalized spacial score (nSPS) is 10.4. The van der Waals surface area contributed by atoms with Crippen molar-refractivity contribution in [3.05, 3.63) is 59.7 Å². The number of amides is 2. The van der Waals surface area contributed by atoms with Gasteiger partial charge in [-0.3, -0.25) is 9.59 Å². The Bertz CT molecular complexity index is 767. The van der Waals surface area contributed by atoms with E-state index >= 15 is 0 Å². The molecule has 3 N–H and O–H groups in total. The van der Waals surface area contributed by atoms with E-state index in [0.717, 1.165) is 5.56 Å². The molecule has 0 aliphatic rings. The predicted octanol–water partition coefficient (Wildman–Crippen LogP) is 2.45. The molecule has 0 fully saturated rings. The first-order valence-corrected chi connectivity index (χ1v) is 7.14. The Kier molecular flexibility index (Phi) is 5.57. The van der Waals surface area contributed by atoms with Gasteiger partial charge in [-0.1, -0.05) is 0 Å². The maximum Gasteiger partial charge on any atom is 0.248 e. The second-order valence-electron chi connectivity index (χ2n) is 4.87. The Morgan fingerprint density at radius 2 is 1.75 bits per heavy atom. The van der Waals surface area contributed by atoms with Gasteiger partial charge in [0, 0.05) is 29.0 Å². The number of nitrogens with two attached hydrogens (primary N) is 1. The number of methoxy groups -OCH3 is 2. The lowest BCUT2D eigenvalue weighted by atomic mass is 10.1. The summed E-state index contributed by atoms with van der Waals surface area (Å²) in [6.45, 7) is 0. The smallest absolute Gasteiger partial charge is 0.248 e. The molecular formula is C18H18N2O4. The molecule has 0 aliphatic carbocycles. The van der Waals surface area contributed by atoms with Crippen LogP contribution < -0.4 is 20.5 Å². The molecule has 0 atom stereocenters. The van der Waals surface area contributed by atoms with E-state index in [1.807, 2.05) is 0 Å². The van der Waals surface area contributed by atoms with Gasteiger partial charge >= 0.3 is 0 Å². The third kappa shape index (κ3) is 4.36. The second-order valence-corrected chi connectivity index (χ2v) is 4.87. The van der Waals surface area contributed by atoms with E-state index in [1.54, 1.807) is 62.8 Å². The maximum absolute atomic E-state index is 12.0. The van der Waals surface area contributed by atoms with Gasteiger partial charge in [0.25, 0.3) is 0 Å². The lowest BCUT2D eigenvalue weighted by Gasteiger charge is -2.07. The minimum absolute atomic E-state index is 0.306. The van der Waals surface area contributed by atoms with Crippen LogP contribution in [0.15, 0.2) is 48.5 Å². The van der Waals surface area contributed by atoms with Gasteiger partial charge in [-0.05, 0) is 42.5 Å². The standard InChI is InChI=1S/C18H18N2O4/c1-23-15-9-5-12(16(11-15)24-2)6-10-17(21)20-14-7-3-13(4-8-14)18(19)22/h3-11H,1-2H3,(H2,19,22)(H,20,21). The zero-order valence-electron chi connectivity index (χ0n) is 13.4. The average molecular weight is 326 g/mol. The maximum atomic E-state index is 12.0. The summed E-state index contributed by atoms with van der Waals surface area (Å²) in [7, 11) is 3.12.